The fourth-order valence-electron chi connectivity index (χ4n) is 4.19. The zero-order chi connectivity index (χ0) is 15.7. The van der Waals surface area contributed by atoms with Crippen molar-refractivity contribution in [2.75, 3.05) is 11.9 Å². The second kappa shape index (κ2) is 5.90. The maximum atomic E-state index is 5.80. The lowest BCUT2D eigenvalue weighted by molar-refractivity contribution is 0.105. The molecule has 118 valence electrons. The molecule has 2 rings (SSSR count). The molecule has 0 aromatic heterocycles. The molecule has 0 atom stereocenters. The van der Waals surface area contributed by atoms with Crippen LogP contribution in [-0.2, 0) is 0 Å². The molecule has 1 N–H and O–H groups in total. The Balaban J connectivity index is 2.17. The molecule has 0 saturated heterocycles. The normalized spacial score (nSPS) is 21.0. The molecule has 0 amide bonds. The van der Waals surface area contributed by atoms with E-state index in [-0.39, 0.29) is 0 Å². The lowest BCUT2D eigenvalue weighted by Crippen LogP contribution is -2.40. The Hall–Kier alpha value is -1.18. The van der Waals surface area contributed by atoms with Crippen LogP contribution in [0.1, 0.15) is 59.4 Å². The van der Waals surface area contributed by atoms with Gasteiger partial charge in [0.25, 0.3) is 0 Å². The van der Waals surface area contributed by atoms with Gasteiger partial charge in [-0.1, -0.05) is 33.8 Å². The molecule has 0 spiro atoms. The monoisotopic (exact) mass is 289 g/mol. The molecule has 21 heavy (non-hydrogen) atoms. The Morgan fingerprint density at radius 1 is 1.14 bits per heavy atom. The van der Waals surface area contributed by atoms with Gasteiger partial charge in [0.1, 0.15) is 5.75 Å². The molecule has 1 aromatic rings. The molecule has 1 fully saturated rings. The van der Waals surface area contributed by atoms with Crippen LogP contribution >= 0.6 is 0 Å². The largest absolute Gasteiger partial charge is 0.492 e. The number of nitrogens with one attached hydrogen (secondary N) is 1. The van der Waals surface area contributed by atoms with Gasteiger partial charge in [0.2, 0.25) is 0 Å². The highest BCUT2D eigenvalue weighted by Gasteiger charge is 2.38. The average molecular weight is 289 g/mol. The number of ether oxygens (including phenoxy) is 1. The van der Waals surface area contributed by atoms with Crippen LogP contribution in [0.2, 0.25) is 0 Å². The topological polar surface area (TPSA) is 21.3 Å². The van der Waals surface area contributed by atoms with Gasteiger partial charge in [-0.15, -0.1) is 0 Å². The van der Waals surface area contributed by atoms with Crippen molar-refractivity contribution in [3.05, 3.63) is 23.8 Å². The summed E-state index contributed by atoms with van der Waals surface area (Å²) in [5.74, 6) is 0.985. The summed E-state index contributed by atoms with van der Waals surface area (Å²) in [6.45, 7) is 14.4. The van der Waals surface area contributed by atoms with Crippen LogP contribution in [0.4, 0.5) is 5.69 Å². The molecule has 1 aromatic carbocycles. The van der Waals surface area contributed by atoms with E-state index in [9.17, 15) is 0 Å². The first-order chi connectivity index (χ1) is 9.71. The molecule has 2 nitrogen and oxygen atoms in total. The van der Waals surface area contributed by atoms with Crippen molar-refractivity contribution in [2.45, 2.75) is 66.8 Å². The van der Waals surface area contributed by atoms with Gasteiger partial charge in [-0.05, 0) is 61.6 Å². The fraction of sp³-hybridized carbons (Fsp3) is 0.684. The van der Waals surface area contributed by atoms with Gasteiger partial charge in [-0.3, -0.25) is 0 Å². The Kier molecular flexibility index (Phi) is 4.55. The number of aryl methyl sites for hydroxylation is 1. The molecule has 1 saturated carbocycles. The SMILES string of the molecule is CCOc1cc(C)ccc1NC1CC(C)(C)CC(C)(C)C1. The summed E-state index contributed by atoms with van der Waals surface area (Å²) in [5.41, 5.74) is 3.18. The van der Waals surface area contributed by atoms with Crippen LogP contribution in [0.3, 0.4) is 0 Å². The smallest absolute Gasteiger partial charge is 0.142 e. The molecular formula is C19H31NO. The first-order valence-electron chi connectivity index (χ1n) is 8.21. The number of rotatable bonds is 4. The quantitative estimate of drug-likeness (QED) is 0.800. The molecule has 1 aliphatic rings. The number of anilines is 1. The van der Waals surface area contributed by atoms with Crippen LogP contribution in [0.15, 0.2) is 18.2 Å². The Bertz CT molecular complexity index is 474. The van der Waals surface area contributed by atoms with Gasteiger partial charge in [-0.25, -0.2) is 0 Å². The van der Waals surface area contributed by atoms with Crippen molar-refractivity contribution >= 4 is 5.69 Å². The van der Waals surface area contributed by atoms with E-state index in [1.165, 1.54) is 24.8 Å². The van der Waals surface area contributed by atoms with E-state index in [0.29, 0.717) is 23.5 Å². The summed E-state index contributed by atoms with van der Waals surface area (Å²) < 4.78 is 5.80. The van der Waals surface area contributed by atoms with Gasteiger partial charge in [-0.2, -0.15) is 0 Å². The second-order valence-electron chi connectivity index (χ2n) is 8.19. The minimum absolute atomic E-state index is 0.399. The van der Waals surface area contributed by atoms with Gasteiger partial charge in [0.05, 0.1) is 12.3 Å². The van der Waals surface area contributed by atoms with Crippen LogP contribution in [0.5, 0.6) is 5.75 Å². The summed E-state index contributed by atoms with van der Waals surface area (Å²) in [4.78, 5) is 0. The predicted molar refractivity (Wildman–Crippen MR) is 91.2 cm³/mol. The first-order valence-corrected chi connectivity index (χ1v) is 8.21. The van der Waals surface area contributed by atoms with Gasteiger partial charge in [0, 0.05) is 6.04 Å². The third-order valence-electron chi connectivity index (χ3n) is 4.35. The van der Waals surface area contributed by atoms with E-state index < -0.39 is 0 Å². The van der Waals surface area contributed by atoms with Gasteiger partial charge in [0.15, 0.2) is 0 Å². The lowest BCUT2D eigenvalue weighted by Gasteiger charge is -2.45. The zero-order valence-corrected chi connectivity index (χ0v) is 14.5. The number of hydrogen-bond acceptors (Lipinski definition) is 2. The van der Waals surface area contributed by atoms with Gasteiger partial charge >= 0.3 is 0 Å². The van der Waals surface area contributed by atoms with E-state index in [0.717, 1.165) is 11.4 Å². The lowest BCUT2D eigenvalue weighted by atomic mass is 9.63. The molecule has 2 heteroatoms. The summed E-state index contributed by atoms with van der Waals surface area (Å²) in [6.07, 6.45) is 3.73. The summed E-state index contributed by atoms with van der Waals surface area (Å²) >= 11 is 0. The Morgan fingerprint density at radius 3 is 2.33 bits per heavy atom. The number of hydrogen-bond donors (Lipinski definition) is 1. The standard InChI is InChI=1S/C19H31NO/c1-7-21-17-10-14(2)8-9-16(17)20-15-11-18(3,4)13-19(5,6)12-15/h8-10,15,20H,7,11-13H2,1-6H3. The molecular weight excluding hydrogens is 258 g/mol. The van der Waals surface area contributed by atoms with Crippen molar-refractivity contribution in [1.29, 1.82) is 0 Å². The summed E-state index contributed by atoms with van der Waals surface area (Å²) in [5, 5.41) is 3.75. The summed E-state index contributed by atoms with van der Waals surface area (Å²) in [7, 11) is 0. The highest BCUT2D eigenvalue weighted by Crippen LogP contribution is 2.46. The van der Waals surface area contributed by atoms with E-state index in [4.69, 9.17) is 4.74 Å². The van der Waals surface area contributed by atoms with Crippen LogP contribution in [-0.4, -0.2) is 12.6 Å². The van der Waals surface area contributed by atoms with Crippen molar-refractivity contribution in [1.82, 2.24) is 0 Å². The minimum atomic E-state index is 0.399. The molecule has 1 aliphatic carbocycles. The molecule has 0 radical (unpaired) electrons. The fourth-order valence-corrected chi connectivity index (χ4v) is 4.19. The van der Waals surface area contributed by atoms with Crippen molar-refractivity contribution in [3.63, 3.8) is 0 Å². The molecule has 0 bridgehead atoms. The summed E-state index contributed by atoms with van der Waals surface area (Å²) in [6, 6.07) is 6.97. The van der Waals surface area contributed by atoms with Crippen LogP contribution in [0, 0.1) is 17.8 Å². The minimum Gasteiger partial charge on any atom is -0.492 e. The number of benzene rings is 1. The maximum absolute atomic E-state index is 5.80. The van der Waals surface area contributed by atoms with Crippen LogP contribution in [0.25, 0.3) is 0 Å². The second-order valence-corrected chi connectivity index (χ2v) is 8.19. The van der Waals surface area contributed by atoms with Crippen molar-refractivity contribution in [3.8, 4) is 5.75 Å². The Labute approximate surface area is 130 Å². The molecule has 0 unspecified atom stereocenters. The van der Waals surface area contributed by atoms with Crippen LogP contribution < -0.4 is 10.1 Å². The maximum Gasteiger partial charge on any atom is 0.142 e. The first kappa shape index (κ1) is 16.2. The van der Waals surface area contributed by atoms with E-state index in [2.05, 4.69) is 58.1 Å². The highest BCUT2D eigenvalue weighted by molar-refractivity contribution is 5.58. The van der Waals surface area contributed by atoms with Crippen molar-refractivity contribution < 1.29 is 4.74 Å². The Morgan fingerprint density at radius 2 is 1.76 bits per heavy atom. The average Bonchev–Trinajstić information content (AvgIpc) is 2.29. The highest BCUT2D eigenvalue weighted by atomic mass is 16.5. The third-order valence-corrected chi connectivity index (χ3v) is 4.35. The van der Waals surface area contributed by atoms with E-state index >= 15 is 0 Å². The van der Waals surface area contributed by atoms with Crippen molar-refractivity contribution in [2.24, 2.45) is 10.8 Å². The van der Waals surface area contributed by atoms with Gasteiger partial charge < -0.3 is 10.1 Å². The van der Waals surface area contributed by atoms with E-state index in [1.54, 1.807) is 0 Å². The molecule has 0 heterocycles. The molecule has 0 aliphatic heterocycles. The zero-order valence-electron chi connectivity index (χ0n) is 14.5. The van der Waals surface area contributed by atoms with E-state index in [1.807, 2.05) is 6.92 Å². The third kappa shape index (κ3) is 4.39. The predicted octanol–water partition coefficient (Wildman–Crippen LogP) is 5.41.